The van der Waals surface area contributed by atoms with Crippen LogP contribution in [0.1, 0.15) is 10.4 Å². The van der Waals surface area contributed by atoms with Gasteiger partial charge in [-0.1, -0.05) is 0 Å². The maximum absolute atomic E-state index is 11.7. The number of benzene rings is 1. The number of hydrogen-bond donors (Lipinski definition) is 2. The third-order valence-electron chi connectivity index (χ3n) is 2.27. The van der Waals surface area contributed by atoms with Crippen LogP contribution in [-0.2, 0) is 4.74 Å². The van der Waals surface area contributed by atoms with Gasteiger partial charge in [-0.3, -0.25) is 4.79 Å². The molecule has 0 spiro atoms. The van der Waals surface area contributed by atoms with Crippen LogP contribution in [-0.4, -0.2) is 43.8 Å². The van der Waals surface area contributed by atoms with Gasteiger partial charge in [-0.15, -0.1) is 11.6 Å². The molecule has 1 unspecified atom stereocenters. The molecule has 0 saturated heterocycles. The Morgan fingerprint density at radius 1 is 1.50 bits per heavy atom. The summed E-state index contributed by atoms with van der Waals surface area (Å²) in [6.07, 6.45) is 0. The SMILES string of the molecule is COCC(Cl)CNC(=O)c1ccc(OC)c(O)c1. The molecule has 6 heteroatoms. The van der Waals surface area contributed by atoms with Crippen LogP contribution in [0.3, 0.4) is 0 Å². The number of rotatable bonds is 6. The standard InChI is InChI=1S/C12H16ClNO4/c1-17-7-9(13)6-14-12(16)8-3-4-11(18-2)10(15)5-8/h3-5,9,15H,6-7H2,1-2H3,(H,14,16). The molecular weight excluding hydrogens is 258 g/mol. The van der Waals surface area contributed by atoms with Gasteiger partial charge in [-0.05, 0) is 18.2 Å². The molecule has 0 aromatic heterocycles. The van der Waals surface area contributed by atoms with Gasteiger partial charge in [0.25, 0.3) is 5.91 Å². The zero-order valence-electron chi connectivity index (χ0n) is 10.3. The summed E-state index contributed by atoms with van der Waals surface area (Å²) in [5.74, 6) is -0.0691. The highest BCUT2D eigenvalue weighted by atomic mass is 35.5. The molecule has 5 nitrogen and oxygen atoms in total. The van der Waals surface area contributed by atoms with Crippen molar-refractivity contribution >= 4 is 17.5 Å². The van der Waals surface area contributed by atoms with Gasteiger partial charge in [0.15, 0.2) is 11.5 Å². The van der Waals surface area contributed by atoms with E-state index in [4.69, 9.17) is 21.1 Å². The average molecular weight is 274 g/mol. The van der Waals surface area contributed by atoms with Gasteiger partial charge in [0, 0.05) is 19.2 Å². The second kappa shape index (κ2) is 7.08. The van der Waals surface area contributed by atoms with Gasteiger partial charge in [0.2, 0.25) is 0 Å². The predicted molar refractivity (Wildman–Crippen MR) is 68.5 cm³/mol. The van der Waals surface area contributed by atoms with Crippen LogP contribution in [0, 0.1) is 0 Å². The molecule has 0 radical (unpaired) electrons. The van der Waals surface area contributed by atoms with E-state index in [0.717, 1.165) is 0 Å². The monoisotopic (exact) mass is 273 g/mol. The highest BCUT2D eigenvalue weighted by Crippen LogP contribution is 2.26. The van der Waals surface area contributed by atoms with Crippen molar-refractivity contribution in [2.24, 2.45) is 0 Å². The second-order valence-corrected chi connectivity index (χ2v) is 4.27. The van der Waals surface area contributed by atoms with E-state index >= 15 is 0 Å². The number of carbonyl (C=O) groups is 1. The third-order valence-corrected chi connectivity index (χ3v) is 2.55. The first kappa shape index (κ1) is 14.6. The van der Waals surface area contributed by atoms with Crippen LogP contribution in [0.25, 0.3) is 0 Å². The lowest BCUT2D eigenvalue weighted by atomic mass is 10.2. The van der Waals surface area contributed by atoms with Crippen molar-refractivity contribution in [3.8, 4) is 11.5 Å². The first-order valence-corrected chi connectivity index (χ1v) is 5.80. The third kappa shape index (κ3) is 4.09. The van der Waals surface area contributed by atoms with Crippen molar-refractivity contribution in [3.63, 3.8) is 0 Å². The minimum absolute atomic E-state index is 0.0792. The fraction of sp³-hybridized carbons (Fsp3) is 0.417. The lowest BCUT2D eigenvalue weighted by Gasteiger charge is -2.10. The fourth-order valence-corrected chi connectivity index (χ4v) is 1.58. The summed E-state index contributed by atoms with van der Waals surface area (Å²) in [7, 11) is 2.98. The summed E-state index contributed by atoms with van der Waals surface area (Å²) in [4.78, 5) is 11.7. The molecule has 18 heavy (non-hydrogen) atoms. The maximum atomic E-state index is 11.7. The molecule has 0 aliphatic rings. The Morgan fingerprint density at radius 2 is 2.22 bits per heavy atom. The van der Waals surface area contributed by atoms with E-state index in [0.29, 0.717) is 24.5 Å². The minimum Gasteiger partial charge on any atom is -0.504 e. The van der Waals surface area contributed by atoms with Gasteiger partial charge in [0.1, 0.15) is 0 Å². The van der Waals surface area contributed by atoms with Crippen molar-refractivity contribution in [1.82, 2.24) is 5.32 Å². The van der Waals surface area contributed by atoms with Gasteiger partial charge < -0.3 is 19.9 Å². The largest absolute Gasteiger partial charge is 0.504 e. The van der Waals surface area contributed by atoms with Gasteiger partial charge in [0.05, 0.1) is 19.1 Å². The molecule has 0 bridgehead atoms. The molecule has 0 aliphatic heterocycles. The molecule has 1 atom stereocenters. The molecule has 0 heterocycles. The number of alkyl halides is 1. The summed E-state index contributed by atoms with van der Waals surface area (Å²) in [6.45, 7) is 0.650. The Hall–Kier alpha value is -1.46. The Bertz CT molecular complexity index is 411. The van der Waals surface area contributed by atoms with Crippen molar-refractivity contribution in [2.45, 2.75) is 5.38 Å². The van der Waals surface area contributed by atoms with Crippen LogP contribution in [0.5, 0.6) is 11.5 Å². The molecule has 2 N–H and O–H groups in total. The molecule has 1 aromatic carbocycles. The highest BCUT2D eigenvalue weighted by Gasteiger charge is 2.11. The normalized spacial score (nSPS) is 11.9. The molecule has 1 amide bonds. The molecule has 100 valence electrons. The van der Waals surface area contributed by atoms with Crippen molar-refractivity contribution in [2.75, 3.05) is 27.4 Å². The Labute approximate surface area is 111 Å². The summed E-state index contributed by atoms with van der Waals surface area (Å²) in [5, 5.41) is 11.9. The number of carbonyl (C=O) groups excluding carboxylic acids is 1. The first-order valence-electron chi connectivity index (χ1n) is 5.36. The number of methoxy groups -OCH3 is 2. The summed E-state index contributed by atoms with van der Waals surface area (Å²) >= 11 is 5.88. The minimum atomic E-state index is -0.310. The number of hydrogen-bond acceptors (Lipinski definition) is 4. The number of phenols is 1. The van der Waals surface area contributed by atoms with Crippen molar-refractivity contribution < 1.29 is 19.4 Å². The number of halogens is 1. The van der Waals surface area contributed by atoms with Crippen LogP contribution >= 0.6 is 11.6 Å². The number of aromatic hydroxyl groups is 1. The maximum Gasteiger partial charge on any atom is 0.251 e. The number of nitrogens with one attached hydrogen (secondary N) is 1. The Balaban J connectivity index is 2.59. The van der Waals surface area contributed by atoms with Gasteiger partial charge in [-0.2, -0.15) is 0 Å². The first-order chi connectivity index (χ1) is 8.58. The smallest absolute Gasteiger partial charge is 0.251 e. The van der Waals surface area contributed by atoms with E-state index in [9.17, 15) is 9.90 Å². The number of ether oxygens (including phenoxy) is 2. The van der Waals surface area contributed by atoms with Crippen molar-refractivity contribution in [3.05, 3.63) is 23.8 Å². The molecule has 0 aliphatic carbocycles. The Morgan fingerprint density at radius 3 is 2.78 bits per heavy atom. The van der Waals surface area contributed by atoms with E-state index < -0.39 is 0 Å². The predicted octanol–water partition coefficient (Wildman–Crippen LogP) is 1.38. The quantitative estimate of drug-likeness (QED) is 0.769. The number of phenolic OH excluding ortho intramolecular Hbond substituents is 1. The molecule has 1 rings (SSSR count). The summed E-state index contributed by atoms with van der Waals surface area (Å²) < 4.78 is 9.74. The number of amides is 1. The van der Waals surface area contributed by atoms with Crippen molar-refractivity contribution in [1.29, 1.82) is 0 Å². The zero-order chi connectivity index (χ0) is 13.5. The van der Waals surface area contributed by atoms with Gasteiger partial charge in [-0.25, -0.2) is 0 Å². The average Bonchev–Trinajstić information content (AvgIpc) is 2.36. The molecule has 0 fully saturated rings. The topological polar surface area (TPSA) is 67.8 Å². The van der Waals surface area contributed by atoms with E-state index in [1.165, 1.54) is 19.2 Å². The Kier molecular flexibility index (Phi) is 5.74. The van der Waals surface area contributed by atoms with E-state index in [2.05, 4.69) is 5.32 Å². The molecule has 0 saturated carbocycles. The second-order valence-electron chi connectivity index (χ2n) is 3.65. The molecular formula is C12H16ClNO4. The van der Waals surface area contributed by atoms with Gasteiger partial charge >= 0.3 is 0 Å². The van der Waals surface area contributed by atoms with Crippen LogP contribution in [0.2, 0.25) is 0 Å². The molecule has 1 aromatic rings. The summed E-state index contributed by atoms with van der Waals surface area (Å²) in [6, 6.07) is 4.43. The van der Waals surface area contributed by atoms with E-state index in [1.807, 2.05) is 0 Å². The van der Waals surface area contributed by atoms with E-state index in [-0.39, 0.29) is 17.0 Å². The highest BCUT2D eigenvalue weighted by molar-refractivity contribution is 6.21. The van der Waals surface area contributed by atoms with Crippen LogP contribution < -0.4 is 10.1 Å². The van der Waals surface area contributed by atoms with Crippen LogP contribution in [0.4, 0.5) is 0 Å². The zero-order valence-corrected chi connectivity index (χ0v) is 11.0. The lowest BCUT2D eigenvalue weighted by Crippen LogP contribution is -2.31. The van der Waals surface area contributed by atoms with E-state index in [1.54, 1.807) is 13.2 Å². The van der Waals surface area contributed by atoms with Crippen LogP contribution in [0.15, 0.2) is 18.2 Å². The summed E-state index contributed by atoms with van der Waals surface area (Å²) in [5.41, 5.74) is 0.342. The lowest BCUT2D eigenvalue weighted by molar-refractivity contribution is 0.0949. The fourth-order valence-electron chi connectivity index (χ4n) is 1.38.